The normalized spacial score (nSPS) is 12.2. The summed E-state index contributed by atoms with van der Waals surface area (Å²) in [4.78, 5) is 2.04. The lowest BCUT2D eigenvalue weighted by atomic mass is 10.1. The molecule has 1 atom stereocenters. The highest BCUT2D eigenvalue weighted by Crippen LogP contribution is 2.24. The molecule has 2 aromatic rings. The molecule has 0 bridgehead atoms. The number of anilines is 1. The molecule has 0 saturated heterocycles. The third-order valence-electron chi connectivity index (χ3n) is 3.52. The molecular formula is C17H19ClFNO. The van der Waals surface area contributed by atoms with Crippen molar-refractivity contribution < 1.29 is 9.50 Å². The van der Waals surface area contributed by atoms with Gasteiger partial charge in [0.2, 0.25) is 0 Å². The van der Waals surface area contributed by atoms with E-state index in [1.54, 1.807) is 12.1 Å². The van der Waals surface area contributed by atoms with Gasteiger partial charge in [-0.1, -0.05) is 41.9 Å². The van der Waals surface area contributed by atoms with Gasteiger partial charge in [-0.25, -0.2) is 4.39 Å². The number of aliphatic hydroxyl groups excluding tert-OH is 1. The quantitative estimate of drug-likeness (QED) is 0.874. The maximum absolute atomic E-state index is 13.3. The second-order valence-corrected chi connectivity index (χ2v) is 5.47. The van der Waals surface area contributed by atoms with E-state index in [9.17, 15) is 9.50 Å². The predicted octanol–water partition coefficient (Wildman–Crippen LogP) is 3.91. The van der Waals surface area contributed by atoms with Gasteiger partial charge in [0, 0.05) is 18.3 Å². The van der Waals surface area contributed by atoms with Crippen LogP contribution in [0.25, 0.3) is 0 Å². The van der Waals surface area contributed by atoms with Crippen LogP contribution in [-0.4, -0.2) is 24.3 Å². The Morgan fingerprint density at radius 2 is 1.90 bits per heavy atom. The lowest BCUT2D eigenvalue weighted by Gasteiger charge is -2.30. The third-order valence-corrected chi connectivity index (χ3v) is 3.80. The summed E-state index contributed by atoms with van der Waals surface area (Å²) >= 11 is 5.86. The molecule has 0 fully saturated rings. The second-order valence-electron chi connectivity index (χ2n) is 5.06. The van der Waals surface area contributed by atoms with Gasteiger partial charge in [-0.2, -0.15) is 0 Å². The van der Waals surface area contributed by atoms with Crippen molar-refractivity contribution in [1.29, 1.82) is 0 Å². The topological polar surface area (TPSA) is 23.5 Å². The smallest absolute Gasteiger partial charge is 0.141 e. The number of hydrogen-bond acceptors (Lipinski definition) is 2. The monoisotopic (exact) mass is 307 g/mol. The highest BCUT2D eigenvalue weighted by atomic mass is 35.5. The zero-order chi connectivity index (χ0) is 15.2. The number of rotatable bonds is 6. The molecule has 1 unspecified atom stereocenters. The van der Waals surface area contributed by atoms with Crippen LogP contribution in [0.5, 0.6) is 0 Å². The summed E-state index contributed by atoms with van der Waals surface area (Å²) in [5.41, 5.74) is 2.04. The molecule has 0 saturated carbocycles. The van der Waals surface area contributed by atoms with Gasteiger partial charge in [0.05, 0.1) is 11.6 Å². The molecule has 0 aromatic heterocycles. The van der Waals surface area contributed by atoms with Crippen molar-refractivity contribution in [3.8, 4) is 0 Å². The van der Waals surface area contributed by atoms with Crippen molar-refractivity contribution in [2.24, 2.45) is 0 Å². The molecule has 0 radical (unpaired) electrons. The highest BCUT2D eigenvalue weighted by molar-refractivity contribution is 6.31. The maximum Gasteiger partial charge on any atom is 0.141 e. The number of aliphatic hydroxyl groups is 1. The van der Waals surface area contributed by atoms with Gasteiger partial charge >= 0.3 is 0 Å². The van der Waals surface area contributed by atoms with Crippen molar-refractivity contribution in [2.75, 3.05) is 18.1 Å². The predicted molar refractivity (Wildman–Crippen MR) is 85.4 cm³/mol. The summed E-state index contributed by atoms with van der Waals surface area (Å²) in [5.74, 6) is -0.430. The van der Waals surface area contributed by atoms with E-state index in [1.165, 1.54) is 11.6 Å². The first-order valence-corrected chi connectivity index (χ1v) is 7.36. The van der Waals surface area contributed by atoms with Gasteiger partial charge in [-0.15, -0.1) is 0 Å². The fraction of sp³-hybridized carbons (Fsp3) is 0.294. The minimum absolute atomic E-state index is 0.0315. The third kappa shape index (κ3) is 4.19. The van der Waals surface area contributed by atoms with E-state index in [1.807, 2.05) is 30.0 Å². The molecule has 0 aliphatic carbocycles. The molecular weight excluding hydrogens is 289 g/mol. The van der Waals surface area contributed by atoms with E-state index in [0.717, 1.165) is 18.7 Å². The van der Waals surface area contributed by atoms with Gasteiger partial charge in [0.1, 0.15) is 5.82 Å². The van der Waals surface area contributed by atoms with Crippen LogP contribution in [0.15, 0.2) is 48.5 Å². The van der Waals surface area contributed by atoms with Crippen LogP contribution < -0.4 is 4.90 Å². The Morgan fingerprint density at radius 1 is 1.19 bits per heavy atom. The van der Waals surface area contributed by atoms with E-state index in [4.69, 9.17) is 11.6 Å². The summed E-state index contributed by atoms with van der Waals surface area (Å²) in [6.07, 6.45) is 0.847. The maximum atomic E-state index is 13.3. The van der Waals surface area contributed by atoms with Crippen LogP contribution in [0, 0.1) is 5.82 Å². The van der Waals surface area contributed by atoms with E-state index in [-0.39, 0.29) is 17.7 Å². The fourth-order valence-corrected chi connectivity index (χ4v) is 2.44. The average molecular weight is 308 g/mol. The lowest BCUT2D eigenvalue weighted by Crippen LogP contribution is -2.37. The number of nitrogens with zero attached hydrogens (tertiary/aromatic N) is 1. The zero-order valence-corrected chi connectivity index (χ0v) is 12.7. The first-order valence-electron chi connectivity index (χ1n) is 6.98. The summed E-state index contributed by atoms with van der Waals surface area (Å²) < 4.78 is 13.3. The molecule has 112 valence electrons. The number of halogens is 2. The Labute approximate surface area is 129 Å². The van der Waals surface area contributed by atoms with E-state index >= 15 is 0 Å². The molecule has 2 rings (SSSR count). The van der Waals surface area contributed by atoms with Crippen molar-refractivity contribution in [1.82, 2.24) is 0 Å². The van der Waals surface area contributed by atoms with Crippen molar-refractivity contribution in [2.45, 2.75) is 19.4 Å². The first-order chi connectivity index (χ1) is 10.1. The van der Waals surface area contributed by atoms with Crippen LogP contribution in [0.1, 0.15) is 12.5 Å². The van der Waals surface area contributed by atoms with Crippen LogP contribution in [0.3, 0.4) is 0 Å². The van der Waals surface area contributed by atoms with Crippen LogP contribution in [-0.2, 0) is 6.42 Å². The minimum Gasteiger partial charge on any atom is -0.394 e. The van der Waals surface area contributed by atoms with Crippen LogP contribution in [0.4, 0.5) is 10.1 Å². The Balaban J connectivity index is 2.16. The SMILES string of the molecule is CC(CO)N(CCc1ccccc1)c1ccc(F)c(Cl)c1. The van der Waals surface area contributed by atoms with Crippen LogP contribution >= 0.6 is 11.6 Å². The van der Waals surface area contributed by atoms with Crippen molar-refractivity contribution in [3.05, 3.63) is 64.9 Å². The van der Waals surface area contributed by atoms with Gasteiger partial charge in [0.25, 0.3) is 0 Å². The van der Waals surface area contributed by atoms with E-state index in [0.29, 0.717) is 0 Å². The summed E-state index contributed by atoms with van der Waals surface area (Å²) in [7, 11) is 0. The Morgan fingerprint density at radius 3 is 2.52 bits per heavy atom. The van der Waals surface area contributed by atoms with E-state index in [2.05, 4.69) is 12.1 Å². The van der Waals surface area contributed by atoms with Gasteiger partial charge in [-0.3, -0.25) is 0 Å². The Hall–Kier alpha value is -1.58. The molecule has 21 heavy (non-hydrogen) atoms. The van der Waals surface area contributed by atoms with Gasteiger partial charge in [0.15, 0.2) is 0 Å². The van der Waals surface area contributed by atoms with Gasteiger partial charge in [-0.05, 0) is 37.1 Å². The fourth-order valence-electron chi connectivity index (χ4n) is 2.26. The van der Waals surface area contributed by atoms with Crippen molar-refractivity contribution in [3.63, 3.8) is 0 Å². The molecule has 1 N–H and O–H groups in total. The van der Waals surface area contributed by atoms with Crippen molar-refractivity contribution >= 4 is 17.3 Å². The Bertz CT molecular complexity index is 576. The van der Waals surface area contributed by atoms with Crippen LogP contribution in [0.2, 0.25) is 5.02 Å². The van der Waals surface area contributed by atoms with E-state index < -0.39 is 5.82 Å². The summed E-state index contributed by atoms with van der Waals surface area (Å²) in [6.45, 7) is 2.69. The molecule has 0 aliphatic heterocycles. The largest absolute Gasteiger partial charge is 0.394 e. The Kier molecular flexibility index (Phi) is 5.59. The first kappa shape index (κ1) is 15.8. The molecule has 0 spiro atoms. The second kappa shape index (κ2) is 7.43. The standard InChI is InChI=1S/C17H19ClFNO/c1-13(12-21)20(10-9-14-5-3-2-4-6-14)15-7-8-17(19)16(18)11-15/h2-8,11,13,21H,9-10,12H2,1H3. The van der Waals surface area contributed by atoms with Gasteiger partial charge < -0.3 is 10.0 Å². The molecule has 2 aromatic carbocycles. The molecule has 0 amide bonds. The number of benzene rings is 2. The summed E-state index contributed by atoms with van der Waals surface area (Å²) in [5, 5.41) is 9.54. The molecule has 0 heterocycles. The zero-order valence-electron chi connectivity index (χ0n) is 12.0. The average Bonchev–Trinajstić information content (AvgIpc) is 2.51. The number of hydrogen-bond donors (Lipinski definition) is 1. The minimum atomic E-state index is -0.430. The summed E-state index contributed by atoms with van der Waals surface area (Å²) in [6, 6.07) is 14.7. The molecule has 0 aliphatic rings. The molecule has 4 heteroatoms. The highest BCUT2D eigenvalue weighted by Gasteiger charge is 2.15. The lowest BCUT2D eigenvalue weighted by molar-refractivity contribution is 0.267. The molecule has 2 nitrogen and oxygen atoms in total.